The van der Waals surface area contributed by atoms with Crippen LogP contribution in [0.1, 0.15) is 10.4 Å². The minimum atomic E-state index is -1.02. The molecule has 0 spiro atoms. The van der Waals surface area contributed by atoms with Crippen LogP contribution in [0.15, 0.2) is 36.9 Å². The molecule has 7 nitrogen and oxygen atoms in total. The van der Waals surface area contributed by atoms with Crippen LogP contribution >= 0.6 is 0 Å². The first-order valence-corrected chi connectivity index (χ1v) is 5.62. The van der Waals surface area contributed by atoms with E-state index in [1.165, 1.54) is 51.1 Å². The van der Waals surface area contributed by atoms with Crippen molar-refractivity contribution in [1.82, 2.24) is 9.71 Å². The summed E-state index contributed by atoms with van der Waals surface area (Å²) >= 11 is 0. The summed E-state index contributed by atoms with van der Waals surface area (Å²) in [6.07, 6.45) is 4.09. The molecule has 1 aromatic heterocycles. The first kappa shape index (κ1) is 13.6. The number of ketones is 1. The van der Waals surface area contributed by atoms with Crippen molar-refractivity contribution < 1.29 is 23.9 Å². The highest BCUT2D eigenvalue weighted by atomic mass is 16.7. The van der Waals surface area contributed by atoms with Crippen LogP contribution in [0.4, 0.5) is 0 Å². The van der Waals surface area contributed by atoms with Crippen LogP contribution in [0, 0.1) is 0 Å². The van der Waals surface area contributed by atoms with Crippen molar-refractivity contribution in [3.63, 3.8) is 0 Å². The second-order valence-corrected chi connectivity index (χ2v) is 3.70. The van der Waals surface area contributed by atoms with Crippen LogP contribution in [0.5, 0.6) is 11.5 Å². The maximum atomic E-state index is 11.9. The molecule has 0 aliphatic carbocycles. The Morgan fingerprint density at radius 2 is 1.90 bits per heavy atom. The number of aromatic nitrogens is 2. The average molecular weight is 276 g/mol. The Morgan fingerprint density at radius 1 is 1.15 bits per heavy atom. The van der Waals surface area contributed by atoms with Crippen LogP contribution in [-0.2, 0) is 4.79 Å². The zero-order valence-corrected chi connectivity index (χ0v) is 10.9. The summed E-state index contributed by atoms with van der Waals surface area (Å²) in [6, 6.07) is 4.41. The third kappa shape index (κ3) is 2.77. The summed E-state index contributed by atoms with van der Waals surface area (Å²) in [5, 5.41) is 0. The molecule has 7 heteroatoms. The van der Waals surface area contributed by atoms with Crippen molar-refractivity contribution in [3.05, 3.63) is 42.5 Å². The molecule has 0 N–H and O–H groups in total. The molecule has 0 fully saturated rings. The van der Waals surface area contributed by atoms with E-state index in [9.17, 15) is 9.59 Å². The van der Waals surface area contributed by atoms with Crippen LogP contribution in [0.3, 0.4) is 0 Å². The van der Waals surface area contributed by atoms with Gasteiger partial charge in [-0.3, -0.25) is 4.79 Å². The Balaban J connectivity index is 2.18. The van der Waals surface area contributed by atoms with Crippen LogP contribution in [-0.4, -0.2) is 35.7 Å². The normalized spacial score (nSPS) is 9.90. The van der Waals surface area contributed by atoms with E-state index in [4.69, 9.17) is 14.3 Å². The van der Waals surface area contributed by atoms with Crippen molar-refractivity contribution in [3.8, 4) is 11.5 Å². The van der Waals surface area contributed by atoms with E-state index in [-0.39, 0.29) is 5.56 Å². The van der Waals surface area contributed by atoms with Gasteiger partial charge in [0.1, 0.15) is 6.33 Å². The molecule has 1 heterocycles. The smallest absolute Gasteiger partial charge is 0.404 e. The van der Waals surface area contributed by atoms with Crippen molar-refractivity contribution >= 4 is 11.8 Å². The van der Waals surface area contributed by atoms with Gasteiger partial charge in [0.05, 0.1) is 20.4 Å². The molecular weight excluding hydrogens is 264 g/mol. The van der Waals surface area contributed by atoms with E-state index in [1.54, 1.807) is 0 Å². The molecule has 0 saturated carbocycles. The number of ether oxygens (including phenoxy) is 2. The van der Waals surface area contributed by atoms with Crippen molar-refractivity contribution in [1.29, 1.82) is 0 Å². The van der Waals surface area contributed by atoms with Gasteiger partial charge in [-0.25, -0.2) is 9.78 Å². The first-order chi connectivity index (χ1) is 9.65. The van der Waals surface area contributed by atoms with Crippen molar-refractivity contribution in [2.24, 2.45) is 0 Å². The van der Waals surface area contributed by atoms with Crippen molar-refractivity contribution in [2.75, 3.05) is 14.2 Å². The van der Waals surface area contributed by atoms with Gasteiger partial charge < -0.3 is 14.3 Å². The van der Waals surface area contributed by atoms with Gasteiger partial charge in [-0.05, 0) is 18.2 Å². The van der Waals surface area contributed by atoms with E-state index in [0.717, 1.165) is 4.73 Å². The number of imidazole rings is 1. The lowest BCUT2D eigenvalue weighted by molar-refractivity contribution is -0.138. The third-order valence-electron chi connectivity index (χ3n) is 2.50. The fourth-order valence-corrected chi connectivity index (χ4v) is 1.53. The zero-order valence-electron chi connectivity index (χ0n) is 10.9. The molecule has 0 unspecified atom stereocenters. The Morgan fingerprint density at radius 3 is 2.50 bits per heavy atom. The molecule has 0 bridgehead atoms. The van der Waals surface area contributed by atoms with Gasteiger partial charge in [0.15, 0.2) is 11.5 Å². The first-order valence-electron chi connectivity index (χ1n) is 5.62. The monoisotopic (exact) mass is 276 g/mol. The lowest BCUT2D eigenvalue weighted by Crippen LogP contribution is -2.26. The third-order valence-corrected chi connectivity index (χ3v) is 2.50. The molecule has 0 aliphatic heterocycles. The van der Waals surface area contributed by atoms with E-state index >= 15 is 0 Å². The largest absolute Gasteiger partial charge is 0.493 e. The number of carbonyl (C=O) groups is 2. The number of rotatable bonds is 5. The Labute approximate surface area is 114 Å². The highest BCUT2D eigenvalue weighted by molar-refractivity contribution is 6.40. The molecule has 0 saturated heterocycles. The molecule has 2 rings (SSSR count). The van der Waals surface area contributed by atoms with Crippen LogP contribution < -0.4 is 14.3 Å². The molecule has 2 aromatic rings. The summed E-state index contributed by atoms with van der Waals surface area (Å²) in [7, 11) is 2.92. The van der Waals surface area contributed by atoms with E-state index < -0.39 is 11.8 Å². The average Bonchev–Trinajstić information content (AvgIpc) is 2.98. The maximum absolute atomic E-state index is 11.9. The second-order valence-electron chi connectivity index (χ2n) is 3.70. The molecule has 0 aliphatic rings. The highest BCUT2D eigenvalue weighted by Gasteiger charge is 2.20. The number of benzene rings is 1. The molecular formula is C13H12N2O5. The molecule has 0 amide bonds. The van der Waals surface area contributed by atoms with E-state index in [2.05, 4.69) is 4.98 Å². The van der Waals surface area contributed by atoms with Gasteiger partial charge >= 0.3 is 5.97 Å². The summed E-state index contributed by atoms with van der Waals surface area (Å²) < 4.78 is 11.2. The van der Waals surface area contributed by atoms with Crippen LogP contribution in [0.25, 0.3) is 0 Å². The standard InChI is InChI=1S/C13H12N2O5/c1-18-10-4-3-9(7-11(10)19-2)12(16)13(17)20-15-6-5-14-8-15/h3-8H,1-2H3. The van der Waals surface area contributed by atoms with Gasteiger partial charge in [-0.2, -0.15) is 4.73 Å². The molecule has 0 atom stereocenters. The number of methoxy groups -OCH3 is 2. The van der Waals surface area contributed by atoms with E-state index in [0.29, 0.717) is 11.5 Å². The second kappa shape index (κ2) is 5.87. The van der Waals surface area contributed by atoms with Crippen molar-refractivity contribution in [2.45, 2.75) is 0 Å². The van der Waals surface area contributed by atoms with Crippen LogP contribution in [0.2, 0.25) is 0 Å². The lowest BCUT2D eigenvalue weighted by atomic mass is 10.1. The quantitative estimate of drug-likeness (QED) is 0.592. The fourth-order valence-electron chi connectivity index (χ4n) is 1.53. The summed E-state index contributed by atoms with van der Waals surface area (Å²) in [4.78, 5) is 32.1. The molecule has 1 aromatic carbocycles. The minimum absolute atomic E-state index is 0.146. The molecule has 20 heavy (non-hydrogen) atoms. The summed E-state index contributed by atoms with van der Waals surface area (Å²) in [5.74, 6) is -0.990. The Hall–Kier alpha value is -2.83. The maximum Gasteiger partial charge on any atom is 0.404 e. The number of Topliss-reactive ketones (excluding diaryl/α,β-unsaturated/α-hetero) is 1. The number of carbonyl (C=O) groups excluding carboxylic acids is 2. The summed E-state index contributed by atoms with van der Waals surface area (Å²) in [5.41, 5.74) is 0.146. The van der Waals surface area contributed by atoms with Gasteiger partial charge in [0.2, 0.25) is 0 Å². The van der Waals surface area contributed by atoms with Gasteiger partial charge in [0, 0.05) is 11.8 Å². The Bertz CT molecular complexity index is 622. The van der Waals surface area contributed by atoms with Gasteiger partial charge in [-0.15, -0.1) is 0 Å². The number of hydrogen-bond donors (Lipinski definition) is 0. The lowest BCUT2D eigenvalue weighted by Gasteiger charge is -2.08. The van der Waals surface area contributed by atoms with Gasteiger partial charge in [0.25, 0.3) is 5.78 Å². The minimum Gasteiger partial charge on any atom is -0.493 e. The molecule has 104 valence electrons. The van der Waals surface area contributed by atoms with Gasteiger partial charge in [-0.1, -0.05) is 0 Å². The Kier molecular flexibility index (Phi) is 3.99. The predicted octanol–water partition coefficient (Wildman–Crippen LogP) is 0.738. The summed E-state index contributed by atoms with van der Waals surface area (Å²) in [6.45, 7) is 0. The fraction of sp³-hybridized carbons (Fsp3) is 0.154. The predicted molar refractivity (Wildman–Crippen MR) is 67.7 cm³/mol. The topological polar surface area (TPSA) is 79.7 Å². The molecule has 0 radical (unpaired) electrons. The SMILES string of the molecule is COc1ccc(C(=O)C(=O)On2ccnc2)cc1OC. The van der Waals surface area contributed by atoms with E-state index in [1.807, 2.05) is 0 Å². The number of hydrogen-bond acceptors (Lipinski definition) is 6. The highest BCUT2D eigenvalue weighted by Crippen LogP contribution is 2.27. The number of nitrogens with zero attached hydrogens (tertiary/aromatic N) is 2. The zero-order chi connectivity index (χ0) is 14.5.